The molecule has 2 aromatic rings. The first-order valence-electron chi connectivity index (χ1n) is 11.1. The minimum Gasteiger partial charge on any atom is -0.480 e. The summed E-state index contributed by atoms with van der Waals surface area (Å²) in [5.41, 5.74) is 4.62. The molecule has 2 amide bonds. The van der Waals surface area contributed by atoms with Crippen LogP contribution in [0.3, 0.4) is 0 Å². The Hall–Kier alpha value is -3.61. The molecule has 1 unspecified atom stereocenters. The number of carboxylic acids is 1. The molecule has 2 aliphatic carbocycles. The van der Waals surface area contributed by atoms with Crippen molar-refractivity contribution < 1.29 is 24.2 Å². The number of alkyl carbamates (subject to hydrolysis) is 1. The lowest BCUT2D eigenvalue weighted by Crippen LogP contribution is -2.46. The number of ether oxygens (including phenoxy) is 1. The quantitative estimate of drug-likeness (QED) is 0.656. The molecule has 4 rings (SSSR count). The molecule has 2 aliphatic rings. The third-order valence-electron chi connectivity index (χ3n) is 6.61. The van der Waals surface area contributed by atoms with E-state index in [0.717, 1.165) is 11.1 Å². The highest BCUT2D eigenvalue weighted by molar-refractivity contribution is 5.85. The number of aliphatic carboxylic acids is 1. The van der Waals surface area contributed by atoms with Crippen LogP contribution in [-0.2, 0) is 14.3 Å². The van der Waals surface area contributed by atoms with Gasteiger partial charge in [-0.05, 0) is 42.0 Å². The highest BCUT2D eigenvalue weighted by atomic mass is 16.5. The molecule has 0 fully saturated rings. The molecular formula is C26H28N2O5. The van der Waals surface area contributed by atoms with Crippen molar-refractivity contribution in [2.45, 2.75) is 37.8 Å². The molecule has 33 heavy (non-hydrogen) atoms. The molecule has 7 nitrogen and oxygen atoms in total. The van der Waals surface area contributed by atoms with Crippen molar-refractivity contribution in [1.29, 1.82) is 0 Å². The van der Waals surface area contributed by atoms with Gasteiger partial charge in [-0.2, -0.15) is 0 Å². The van der Waals surface area contributed by atoms with Gasteiger partial charge in [0.05, 0.1) is 6.04 Å². The number of nitrogens with one attached hydrogen (secondary N) is 1. The number of carbonyl (C=O) groups is 3. The number of fused-ring (bicyclic) bond motifs is 3. The zero-order valence-corrected chi connectivity index (χ0v) is 18.7. The van der Waals surface area contributed by atoms with Gasteiger partial charge in [-0.1, -0.05) is 60.7 Å². The van der Waals surface area contributed by atoms with Crippen LogP contribution in [0.4, 0.5) is 4.79 Å². The molecule has 0 bridgehead atoms. The number of hydrogen-bond donors (Lipinski definition) is 2. The number of carbonyl (C=O) groups excluding carboxylic acids is 2. The van der Waals surface area contributed by atoms with Gasteiger partial charge >= 0.3 is 12.1 Å². The average Bonchev–Trinajstić information content (AvgIpc) is 3.15. The standard InChI is InChI=1S/C26H28N2O5/c1-16(25(30)31)28(2)24(29)17-8-7-9-18(14-17)27-26(32)33-15-23-21-12-5-3-10-19(21)20-11-4-6-13-22(20)23/h3-7,9-13,16-18,23H,8,14-15H2,1-2H3,(H,27,32)(H,30,31)/t16?,17-,18-/m1/s1. The Bertz CT molecular complexity index is 1050. The van der Waals surface area contributed by atoms with Crippen molar-refractivity contribution in [2.75, 3.05) is 13.7 Å². The fourth-order valence-electron chi connectivity index (χ4n) is 4.63. The Kier molecular flexibility index (Phi) is 6.49. The molecule has 0 spiro atoms. The molecular weight excluding hydrogens is 420 g/mol. The number of benzene rings is 2. The number of nitrogens with zero attached hydrogens (tertiary/aromatic N) is 1. The average molecular weight is 449 g/mol. The van der Waals surface area contributed by atoms with Crippen LogP contribution in [0.15, 0.2) is 60.7 Å². The summed E-state index contributed by atoms with van der Waals surface area (Å²) in [7, 11) is 1.49. The molecule has 172 valence electrons. The number of amides is 2. The van der Waals surface area contributed by atoms with Gasteiger partial charge in [-0.3, -0.25) is 4.79 Å². The molecule has 0 radical (unpaired) electrons. The summed E-state index contributed by atoms with van der Waals surface area (Å²) in [5, 5.41) is 12.0. The van der Waals surface area contributed by atoms with Gasteiger partial charge < -0.3 is 20.1 Å². The lowest BCUT2D eigenvalue weighted by atomic mass is 9.89. The Morgan fingerprint density at radius 2 is 1.70 bits per heavy atom. The van der Waals surface area contributed by atoms with Crippen molar-refractivity contribution in [3.8, 4) is 11.1 Å². The van der Waals surface area contributed by atoms with E-state index in [2.05, 4.69) is 29.6 Å². The maximum absolute atomic E-state index is 12.7. The summed E-state index contributed by atoms with van der Waals surface area (Å²) in [6.07, 6.45) is 4.08. The summed E-state index contributed by atoms with van der Waals surface area (Å²) in [4.78, 5) is 37.7. The topological polar surface area (TPSA) is 95.9 Å². The first kappa shape index (κ1) is 22.6. The minimum atomic E-state index is -1.05. The summed E-state index contributed by atoms with van der Waals surface area (Å²) in [6.45, 7) is 1.70. The Morgan fingerprint density at radius 3 is 2.30 bits per heavy atom. The third kappa shape index (κ3) is 4.62. The maximum Gasteiger partial charge on any atom is 0.407 e. The molecule has 0 aromatic heterocycles. The van der Waals surface area contributed by atoms with Crippen molar-refractivity contribution in [2.24, 2.45) is 5.92 Å². The monoisotopic (exact) mass is 448 g/mol. The van der Waals surface area contributed by atoms with E-state index in [1.165, 1.54) is 30.0 Å². The Balaban J connectivity index is 1.35. The van der Waals surface area contributed by atoms with Crippen molar-refractivity contribution in [1.82, 2.24) is 10.2 Å². The number of hydrogen-bond acceptors (Lipinski definition) is 4. The van der Waals surface area contributed by atoms with E-state index < -0.39 is 18.1 Å². The smallest absolute Gasteiger partial charge is 0.407 e. The zero-order valence-electron chi connectivity index (χ0n) is 18.7. The van der Waals surface area contributed by atoms with Crippen molar-refractivity contribution in [3.63, 3.8) is 0 Å². The van der Waals surface area contributed by atoms with Crippen LogP contribution < -0.4 is 5.32 Å². The van der Waals surface area contributed by atoms with Crippen LogP contribution in [0.2, 0.25) is 0 Å². The van der Waals surface area contributed by atoms with E-state index >= 15 is 0 Å². The molecule has 3 atom stereocenters. The minimum absolute atomic E-state index is 0.0227. The Labute approximate surface area is 193 Å². The fourth-order valence-corrected chi connectivity index (χ4v) is 4.63. The number of carboxylic acid groups (broad SMARTS) is 1. The fraction of sp³-hybridized carbons (Fsp3) is 0.346. The van der Waals surface area contributed by atoms with Crippen LogP contribution in [0.25, 0.3) is 11.1 Å². The third-order valence-corrected chi connectivity index (χ3v) is 6.61. The van der Waals surface area contributed by atoms with Crippen LogP contribution in [0.5, 0.6) is 0 Å². The van der Waals surface area contributed by atoms with Crippen LogP contribution in [-0.4, -0.2) is 53.7 Å². The molecule has 2 aromatic carbocycles. The molecule has 0 saturated heterocycles. The number of rotatable bonds is 6. The van der Waals surface area contributed by atoms with E-state index in [1.807, 2.05) is 36.4 Å². The van der Waals surface area contributed by atoms with Crippen molar-refractivity contribution >= 4 is 18.0 Å². The van der Waals surface area contributed by atoms with Crippen LogP contribution in [0.1, 0.15) is 36.8 Å². The normalized spacial score (nSPS) is 19.8. The van der Waals surface area contributed by atoms with Gasteiger partial charge in [0.15, 0.2) is 0 Å². The predicted octanol–water partition coefficient (Wildman–Crippen LogP) is 3.79. The second-order valence-corrected chi connectivity index (χ2v) is 8.64. The van der Waals surface area contributed by atoms with Gasteiger partial charge in [0.2, 0.25) is 5.91 Å². The lowest BCUT2D eigenvalue weighted by Gasteiger charge is -2.30. The second kappa shape index (κ2) is 9.48. The van der Waals surface area contributed by atoms with E-state index in [0.29, 0.717) is 12.8 Å². The lowest BCUT2D eigenvalue weighted by molar-refractivity contribution is -0.150. The van der Waals surface area contributed by atoms with E-state index in [1.54, 1.807) is 0 Å². The van der Waals surface area contributed by atoms with Gasteiger partial charge in [0.1, 0.15) is 12.6 Å². The zero-order chi connectivity index (χ0) is 23.5. The van der Waals surface area contributed by atoms with Crippen LogP contribution in [0, 0.1) is 5.92 Å². The number of likely N-dealkylation sites (N-methyl/N-ethyl adjacent to an activating group) is 1. The van der Waals surface area contributed by atoms with E-state index in [4.69, 9.17) is 9.84 Å². The van der Waals surface area contributed by atoms with Crippen molar-refractivity contribution in [3.05, 3.63) is 71.8 Å². The predicted molar refractivity (Wildman–Crippen MR) is 124 cm³/mol. The highest BCUT2D eigenvalue weighted by Crippen LogP contribution is 2.44. The van der Waals surface area contributed by atoms with Gasteiger partial charge in [0, 0.05) is 18.9 Å². The molecule has 0 heterocycles. The van der Waals surface area contributed by atoms with Gasteiger partial charge in [-0.15, -0.1) is 0 Å². The summed E-state index contributed by atoms with van der Waals surface area (Å²) < 4.78 is 5.60. The SMILES string of the molecule is CC(C(=O)O)N(C)C(=O)[C@@H]1CC=C[C@@H](NC(=O)OCC2c3ccccc3-c3ccccc32)C1. The first-order chi connectivity index (χ1) is 15.9. The summed E-state index contributed by atoms with van der Waals surface area (Å²) >= 11 is 0. The Morgan fingerprint density at radius 1 is 1.09 bits per heavy atom. The molecule has 0 aliphatic heterocycles. The highest BCUT2D eigenvalue weighted by Gasteiger charge is 2.32. The van der Waals surface area contributed by atoms with E-state index in [-0.39, 0.29) is 30.4 Å². The summed E-state index contributed by atoms with van der Waals surface area (Å²) in [6, 6.07) is 15.0. The van der Waals surface area contributed by atoms with Gasteiger partial charge in [-0.25, -0.2) is 9.59 Å². The molecule has 2 N–H and O–H groups in total. The second-order valence-electron chi connectivity index (χ2n) is 8.64. The largest absolute Gasteiger partial charge is 0.480 e. The maximum atomic E-state index is 12.7. The summed E-state index contributed by atoms with van der Waals surface area (Å²) in [5.74, 6) is -1.70. The molecule has 7 heteroatoms. The number of allylic oxidation sites excluding steroid dienone is 1. The van der Waals surface area contributed by atoms with Gasteiger partial charge in [0.25, 0.3) is 0 Å². The van der Waals surface area contributed by atoms with E-state index in [9.17, 15) is 14.4 Å². The van der Waals surface area contributed by atoms with Crippen LogP contribution >= 0.6 is 0 Å². The first-order valence-corrected chi connectivity index (χ1v) is 11.1. The molecule has 0 saturated carbocycles.